The van der Waals surface area contributed by atoms with Gasteiger partial charge in [0.25, 0.3) is 0 Å². The normalized spacial score (nSPS) is 57.3. The average molecular weight is 260 g/mol. The first-order chi connectivity index (χ1) is 9.40. The molecule has 0 aromatic heterocycles. The van der Waals surface area contributed by atoms with Gasteiger partial charge in [0.05, 0.1) is 6.61 Å². The van der Waals surface area contributed by atoms with Crippen molar-refractivity contribution in [2.75, 3.05) is 13.2 Å². The fourth-order valence-corrected chi connectivity index (χ4v) is 6.26. The standard InChI is InChI=1S/C17H24O2/c1-2-15(18-5-1)19-9-13-7-12-8-14(13)17-11-4-3-10(6-11)16(12)17/h3-4,10-17H,1-2,5-9H2. The first kappa shape index (κ1) is 11.3. The number of hydrogen-bond acceptors (Lipinski definition) is 2. The summed E-state index contributed by atoms with van der Waals surface area (Å²) in [7, 11) is 0. The minimum Gasteiger partial charge on any atom is -0.353 e. The number of fused-ring (bicyclic) bond motifs is 9. The Labute approximate surface area is 115 Å². The van der Waals surface area contributed by atoms with Gasteiger partial charge in [-0.05, 0) is 67.1 Å². The molecular formula is C17H24O2. The summed E-state index contributed by atoms with van der Waals surface area (Å²) in [6.07, 6.45) is 11.9. The van der Waals surface area contributed by atoms with Crippen molar-refractivity contribution in [3.8, 4) is 0 Å². The van der Waals surface area contributed by atoms with Gasteiger partial charge in [0.15, 0.2) is 6.29 Å². The minimum absolute atomic E-state index is 0.120. The lowest BCUT2D eigenvalue weighted by Gasteiger charge is -2.36. The molecule has 0 aromatic carbocycles. The molecule has 3 saturated carbocycles. The Bertz CT molecular complexity index is 398. The first-order valence-electron chi connectivity index (χ1n) is 8.31. The minimum atomic E-state index is 0.120. The van der Waals surface area contributed by atoms with Crippen LogP contribution in [0.1, 0.15) is 32.1 Å². The predicted octanol–water partition coefficient (Wildman–Crippen LogP) is 3.23. The van der Waals surface area contributed by atoms with E-state index in [1.54, 1.807) is 0 Å². The van der Waals surface area contributed by atoms with Gasteiger partial charge in [-0.3, -0.25) is 0 Å². The highest BCUT2D eigenvalue weighted by molar-refractivity contribution is 5.20. The zero-order chi connectivity index (χ0) is 12.4. The predicted molar refractivity (Wildman–Crippen MR) is 72.3 cm³/mol. The molecule has 1 aliphatic heterocycles. The van der Waals surface area contributed by atoms with Crippen molar-refractivity contribution in [1.29, 1.82) is 0 Å². The summed E-state index contributed by atoms with van der Waals surface area (Å²) in [5.74, 6) is 6.78. The molecule has 0 radical (unpaired) electrons. The quantitative estimate of drug-likeness (QED) is 0.573. The second-order valence-corrected chi connectivity index (χ2v) is 7.53. The molecule has 1 saturated heterocycles. The second-order valence-electron chi connectivity index (χ2n) is 7.53. The van der Waals surface area contributed by atoms with Gasteiger partial charge in [0, 0.05) is 13.0 Å². The van der Waals surface area contributed by atoms with E-state index < -0.39 is 0 Å². The van der Waals surface area contributed by atoms with Crippen LogP contribution in [0.15, 0.2) is 12.2 Å². The van der Waals surface area contributed by atoms with Crippen LogP contribution in [-0.2, 0) is 9.47 Å². The molecule has 4 bridgehead atoms. The highest BCUT2D eigenvalue weighted by Gasteiger charge is 2.60. The number of rotatable bonds is 3. The maximum absolute atomic E-state index is 6.03. The van der Waals surface area contributed by atoms with Crippen molar-refractivity contribution in [2.45, 2.75) is 38.4 Å². The Hall–Kier alpha value is -0.340. The highest BCUT2D eigenvalue weighted by Crippen LogP contribution is 2.66. The van der Waals surface area contributed by atoms with Gasteiger partial charge in [-0.1, -0.05) is 12.2 Å². The fourth-order valence-electron chi connectivity index (χ4n) is 6.26. The summed E-state index contributed by atoms with van der Waals surface area (Å²) < 4.78 is 11.6. The number of allylic oxidation sites excluding steroid dienone is 2. The van der Waals surface area contributed by atoms with Gasteiger partial charge in [-0.15, -0.1) is 0 Å². The van der Waals surface area contributed by atoms with Crippen LogP contribution in [0.3, 0.4) is 0 Å². The van der Waals surface area contributed by atoms with E-state index in [1.807, 2.05) is 0 Å². The molecular weight excluding hydrogens is 236 g/mol. The molecule has 0 spiro atoms. The Balaban J connectivity index is 1.27. The molecule has 8 atom stereocenters. The first-order valence-corrected chi connectivity index (χ1v) is 8.31. The van der Waals surface area contributed by atoms with Gasteiger partial charge in [-0.25, -0.2) is 0 Å². The van der Waals surface area contributed by atoms with Crippen molar-refractivity contribution >= 4 is 0 Å². The van der Waals surface area contributed by atoms with Gasteiger partial charge >= 0.3 is 0 Å². The van der Waals surface area contributed by atoms with E-state index in [0.29, 0.717) is 0 Å². The second kappa shape index (κ2) is 4.08. The van der Waals surface area contributed by atoms with E-state index >= 15 is 0 Å². The monoisotopic (exact) mass is 260 g/mol. The summed E-state index contributed by atoms with van der Waals surface area (Å²) in [5.41, 5.74) is 0. The molecule has 19 heavy (non-hydrogen) atoms. The SMILES string of the molecule is C1=CC2CC1C1C3CC(COC4CCCO4)C(C3)C21. The molecule has 5 rings (SSSR count). The smallest absolute Gasteiger partial charge is 0.157 e. The van der Waals surface area contributed by atoms with E-state index in [2.05, 4.69) is 12.2 Å². The molecule has 0 N–H and O–H groups in total. The van der Waals surface area contributed by atoms with Gasteiger partial charge < -0.3 is 9.47 Å². The van der Waals surface area contributed by atoms with Crippen LogP contribution in [0.5, 0.6) is 0 Å². The van der Waals surface area contributed by atoms with Gasteiger partial charge in [0.2, 0.25) is 0 Å². The van der Waals surface area contributed by atoms with Crippen molar-refractivity contribution in [3.63, 3.8) is 0 Å². The maximum Gasteiger partial charge on any atom is 0.157 e. The Morgan fingerprint density at radius 3 is 2.79 bits per heavy atom. The van der Waals surface area contributed by atoms with E-state index in [4.69, 9.17) is 9.47 Å². The van der Waals surface area contributed by atoms with Crippen LogP contribution in [0.4, 0.5) is 0 Å². The number of ether oxygens (including phenoxy) is 2. The molecule has 0 amide bonds. The lowest BCUT2D eigenvalue weighted by molar-refractivity contribution is -0.126. The molecule has 8 unspecified atom stereocenters. The summed E-state index contributed by atoms with van der Waals surface area (Å²) in [5, 5.41) is 0. The average Bonchev–Trinajstić information content (AvgIpc) is 3.18. The third-order valence-electron chi connectivity index (χ3n) is 6.79. The summed E-state index contributed by atoms with van der Waals surface area (Å²) >= 11 is 0. The summed E-state index contributed by atoms with van der Waals surface area (Å²) in [6, 6.07) is 0. The summed E-state index contributed by atoms with van der Waals surface area (Å²) in [6.45, 7) is 1.87. The van der Waals surface area contributed by atoms with E-state index in [0.717, 1.165) is 61.1 Å². The molecule has 2 nitrogen and oxygen atoms in total. The van der Waals surface area contributed by atoms with Crippen LogP contribution in [0.25, 0.3) is 0 Å². The van der Waals surface area contributed by atoms with Crippen LogP contribution in [-0.4, -0.2) is 19.5 Å². The zero-order valence-electron chi connectivity index (χ0n) is 11.5. The fraction of sp³-hybridized carbons (Fsp3) is 0.882. The zero-order valence-corrected chi connectivity index (χ0v) is 11.5. The molecule has 5 aliphatic rings. The lowest BCUT2D eigenvalue weighted by atomic mass is 9.69. The van der Waals surface area contributed by atoms with Gasteiger partial charge in [0.1, 0.15) is 0 Å². The van der Waals surface area contributed by atoms with Crippen LogP contribution in [0, 0.1) is 41.4 Å². The number of hydrogen-bond donors (Lipinski definition) is 0. The topological polar surface area (TPSA) is 18.5 Å². The molecule has 2 heteroatoms. The van der Waals surface area contributed by atoms with Crippen molar-refractivity contribution < 1.29 is 9.47 Å². The van der Waals surface area contributed by atoms with E-state index in [9.17, 15) is 0 Å². The Morgan fingerprint density at radius 1 is 1.05 bits per heavy atom. The maximum atomic E-state index is 6.03. The molecule has 0 aromatic rings. The van der Waals surface area contributed by atoms with Crippen LogP contribution in [0.2, 0.25) is 0 Å². The third-order valence-corrected chi connectivity index (χ3v) is 6.79. The van der Waals surface area contributed by atoms with E-state index in [1.165, 1.54) is 25.7 Å². The van der Waals surface area contributed by atoms with E-state index in [-0.39, 0.29) is 6.29 Å². The van der Waals surface area contributed by atoms with Crippen molar-refractivity contribution in [1.82, 2.24) is 0 Å². The molecule has 1 heterocycles. The Morgan fingerprint density at radius 2 is 1.95 bits per heavy atom. The summed E-state index contributed by atoms with van der Waals surface area (Å²) in [4.78, 5) is 0. The van der Waals surface area contributed by atoms with Gasteiger partial charge in [-0.2, -0.15) is 0 Å². The van der Waals surface area contributed by atoms with Crippen molar-refractivity contribution in [3.05, 3.63) is 12.2 Å². The largest absolute Gasteiger partial charge is 0.353 e. The molecule has 4 fully saturated rings. The molecule has 4 aliphatic carbocycles. The molecule has 104 valence electrons. The van der Waals surface area contributed by atoms with Crippen LogP contribution >= 0.6 is 0 Å². The third kappa shape index (κ3) is 1.56. The highest BCUT2D eigenvalue weighted by atomic mass is 16.7. The Kier molecular flexibility index (Phi) is 2.43. The van der Waals surface area contributed by atoms with Crippen LogP contribution < -0.4 is 0 Å². The lowest BCUT2D eigenvalue weighted by Crippen LogP contribution is -2.33. The van der Waals surface area contributed by atoms with Crippen molar-refractivity contribution in [2.24, 2.45) is 41.4 Å².